The number of nitrogens with one attached hydrogen (secondary N) is 1. The third-order valence-corrected chi connectivity index (χ3v) is 8.64. The van der Waals surface area contributed by atoms with E-state index in [2.05, 4.69) is 41.4 Å². The second-order valence-electron chi connectivity index (χ2n) is 10.2. The van der Waals surface area contributed by atoms with Gasteiger partial charge in [-0.15, -0.1) is 24.8 Å². The largest absolute Gasteiger partial charge is 0.493 e. The van der Waals surface area contributed by atoms with Gasteiger partial charge in [-0.25, -0.2) is 0 Å². The van der Waals surface area contributed by atoms with E-state index in [1.807, 2.05) is 0 Å². The number of halogens is 2. The van der Waals surface area contributed by atoms with Crippen LogP contribution in [0.5, 0.6) is 23.0 Å². The Kier molecular flexibility index (Phi) is 10.3. The summed E-state index contributed by atoms with van der Waals surface area (Å²) in [5, 5.41) is 3.83. The van der Waals surface area contributed by atoms with Gasteiger partial charge in [0, 0.05) is 25.2 Å². The Labute approximate surface area is 234 Å². The molecule has 0 amide bonds. The van der Waals surface area contributed by atoms with Gasteiger partial charge in [0.05, 0.1) is 28.4 Å². The molecular weight excluding hydrogens is 511 g/mol. The van der Waals surface area contributed by atoms with Crippen molar-refractivity contribution < 1.29 is 18.9 Å². The highest BCUT2D eigenvalue weighted by Gasteiger charge is 2.40. The Morgan fingerprint density at radius 1 is 0.784 bits per heavy atom. The first-order valence-corrected chi connectivity index (χ1v) is 13.1. The fourth-order valence-corrected chi connectivity index (χ4v) is 6.74. The van der Waals surface area contributed by atoms with Crippen LogP contribution in [-0.4, -0.2) is 53.0 Å². The van der Waals surface area contributed by atoms with Crippen LogP contribution in [0.25, 0.3) is 0 Å². The number of hydrogen-bond acceptors (Lipinski definition) is 6. The van der Waals surface area contributed by atoms with Gasteiger partial charge in [-0.05, 0) is 90.6 Å². The van der Waals surface area contributed by atoms with E-state index in [0.717, 1.165) is 55.4 Å². The minimum absolute atomic E-state index is 0. The smallest absolute Gasteiger partial charge is 0.161 e. The fraction of sp³-hybridized carbons (Fsp3) is 0.586. The van der Waals surface area contributed by atoms with Gasteiger partial charge in [-0.1, -0.05) is 13.3 Å². The van der Waals surface area contributed by atoms with Gasteiger partial charge < -0.3 is 24.3 Å². The van der Waals surface area contributed by atoms with E-state index in [1.54, 1.807) is 28.4 Å². The van der Waals surface area contributed by atoms with Crippen LogP contribution in [-0.2, 0) is 12.8 Å². The van der Waals surface area contributed by atoms with Crippen LogP contribution in [0.1, 0.15) is 60.5 Å². The lowest BCUT2D eigenvalue weighted by Gasteiger charge is -2.48. The quantitative estimate of drug-likeness (QED) is 0.469. The molecular formula is C29H42Cl2N2O4. The van der Waals surface area contributed by atoms with Gasteiger partial charge in [0.25, 0.3) is 0 Å². The van der Waals surface area contributed by atoms with Crippen LogP contribution in [0, 0.1) is 11.8 Å². The van der Waals surface area contributed by atoms with E-state index in [4.69, 9.17) is 18.9 Å². The highest BCUT2D eigenvalue weighted by Crippen LogP contribution is 2.48. The molecule has 6 nitrogen and oxygen atoms in total. The monoisotopic (exact) mass is 552 g/mol. The zero-order valence-electron chi connectivity index (χ0n) is 22.7. The average Bonchev–Trinajstić information content (AvgIpc) is 2.91. The summed E-state index contributed by atoms with van der Waals surface area (Å²) in [7, 11) is 6.90. The lowest BCUT2D eigenvalue weighted by atomic mass is 9.72. The molecule has 3 heterocycles. The topological polar surface area (TPSA) is 52.2 Å². The molecule has 4 atom stereocenters. The van der Waals surface area contributed by atoms with E-state index in [1.165, 1.54) is 41.6 Å². The van der Waals surface area contributed by atoms with Crippen molar-refractivity contribution in [2.75, 3.05) is 48.1 Å². The van der Waals surface area contributed by atoms with Crippen molar-refractivity contribution >= 4 is 24.8 Å². The first kappa shape index (κ1) is 29.7. The predicted octanol–water partition coefficient (Wildman–Crippen LogP) is 5.79. The maximum absolute atomic E-state index is 5.68. The zero-order valence-corrected chi connectivity index (χ0v) is 24.3. The van der Waals surface area contributed by atoms with Gasteiger partial charge in [0.15, 0.2) is 23.0 Å². The number of piperidine rings is 1. The van der Waals surface area contributed by atoms with E-state index in [0.29, 0.717) is 23.9 Å². The van der Waals surface area contributed by atoms with E-state index in [9.17, 15) is 0 Å². The van der Waals surface area contributed by atoms with Crippen molar-refractivity contribution in [1.82, 2.24) is 10.2 Å². The molecule has 1 unspecified atom stereocenters. The molecule has 3 aliphatic rings. The van der Waals surface area contributed by atoms with Crippen LogP contribution >= 0.6 is 24.8 Å². The molecule has 1 fully saturated rings. The first-order chi connectivity index (χ1) is 17.1. The molecule has 0 radical (unpaired) electrons. The second-order valence-corrected chi connectivity index (χ2v) is 10.2. The summed E-state index contributed by atoms with van der Waals surface area (Å²) in [6.07, 6.45) is 5.65. The highest BCUT2D eigenvalue weighted by molar-refractivity contribution is 5.85. The van der Waals surface area contributed by atoms with Crippen molar-refractivity contribution in [2.45, 2.75) is 51.1 Å². The molecule has 1 saturated heterocycles. The molecule has 3 aliphatic heterocycles. The van der Waals surface area contributed by atoms with E-state index < -0.39 is 0 Å². The van der Waals surface area contributed by atoms with Crippen LogP contribution < -0.4 is 24.3 Å². The molecule has 0 saturated carbocycles. The number of rotatable bonds is 7. The summed E-state index contributed by atoms with van der Waals surface area (Å²) in [5.74, 6) is 4.69. The van der Waals surface area contributed by atoms with Gasteiger partial charge in [0.2, 0.25) is 0 Å². The molecule has 0 bridgehead atoms. The molecule has 5 rings (SSSR count). The Balaban J connectivity index is 0.00000190. The first-order valence-electron chi connectivity index (χ1n) is 13.1. The third-order valence-electron chi connectivity index (χ3n) is 8.64. The summed E-state index contributed by atoms with van der Waals surface area (Å²) < 4.78 is 22.5. The molecule has 1 N–H and O–H groups in total. The van der Waals surface area contributed by atoms with Gasteiger partial charge in [0.1, 0.15) is 0 Å². The number of hydrogen-bond donors (Lipinski definition) is 1. The number of methoxy groups -OCH3 is 4. The minimum Gasteiger partial charge on any atom is -0.493 e. The maximum atomic E-state index is 5.68. The number of ether oxygens (including phenoxy) is 4. The average molecular weight is 554 g/mol. The highest BCUT2D eigenvalue weighted by atomic mass is 35.5. The predicted molar refractivity (Wildman–Crippen MR) is 153 cm³/mol. The van der Waals surface area contributed by atoms with Gasteiger partial charge in [-0.3, -0.25) is 4.90 Å². The Hall–Kier alpha value is -1.86. The Morgan fingerprint density at radius 3 is 1.95 bits per heavy atom. The number of nitrogens with zero attached hydrogens (tertiary/aromatic N) is 1. The third kappa shape index (κ3) is 5.63. The van der Waals surface area contributed by atoms with Crippen LogP contribution in [0.15, 0.2) is 24.3 Å². The molecule has 2 aromatic carbocycles. The summed E-state index contributed by atoms with van der Waals surface area (Å²) in [6.45, 7) is 5.66. The summed E-state index contributed by atoms with van der Waals surface area (Å²) >= 11 is 0. The SMILES string of the molecule is CC[C@H]1CN2CCc3cc(OC)c(OC)cc3[C@@H]2C[C@@H]1CC1NCCc2cc(OC)c(OC)cc21.Cl.Cl. The van der Waals surface area contributed by atoms with Crippen molar-refractivity contribution in [3.05, 3.63) is 46.5 Å². The Morgan fingerprint density at radius 2 is 1.35 bits per heavy atom. The maximum Gasteiger partial charge on any atom is 0.161 e. The Bertz CT molecular complexity index is 1060. The normalized spacial score (nSPS) is 24.4. The van der Waals surface area contributed by atoms with Gasteiger partial charge >= 0.3 is 0 Å². The standard InChI is InChI=1S/C29H40N2O4.2ClH/c1-6-18-17-31-10-8-20-14-27(33-3)29(35-5)16-23(20)25(31)12-21(18)11-24-22-15-28(34-4)26(32-2)13-19(22)7-9-30-24;;/h13-16,18,21,24-25,30H,6-12,17H2,1-5H3;2*1H/t18-,21-,24?,25-;;/m0../s1. The molecule has 37 heavy (non-hydrogen) atoms. The molecule has 2 aromatic rings. The summed E-state index contributed by atoms with van der Waals surface area (Å²) in [5.41, 5.74) is 5.60. The second kappa shape index (κ2) is 12.8. The molecule has 0 spiro atoms. The van der Waals surface area contributed by atoms with Crippen LogP contribution in [0.3, 0.4) is 0 Å². The molecule has 206 valence electrons. The zero-order chi connectivity index (χ0) is 24.5. The van der Waals surface area contributed by atoms with Crippen molar-refractivity contribution in [1.29, 1.82) is 0 Å². The molecule has 0 aliphatic carbocycles. The number of benzene rings is 2. The van der Waals surface area contributed by atoms with Crippen molar-refractivity contribution in [3.8, 4) is 23.0 Å². The summed E-state index contributed by atoms with van der Waals surface area (Å²) in [4.78, 5) is 2.72. The molecule has 0 aromatic heterocycles. The minimum atomic E-state index is 0. The van der Waals surface area contributed by atoms with Crippen LogP contribution in [0.4, 0.5) is 0 Å². The summed E-state index contributed by atoms with van der Waals surface area (Å²) in [6, 6.07) is 9.61. The molecule has 8 heteroatoms. The van der Waals surface area contributed by atoms with E-state index in [-0.39, 0.29) is 24.8 Å². The fourth-order valence-electron chi connectivity index (χ4n) is 6.74. The number of fused-ring (bicyclic) bond motifs is 4. The van der Waals surface area contributed by atoms with Crippen molar-refractivity contribution in [2.24, 2.45) is 11.8 Å². The lowest BCUT2D eigenvalue weighted by molar-refractivity contribution is 0.0434. The van der Waals surface area contributed by atoms with E-state index >= 15 is 0 Å². The lowest BCUT2D eigenvalue weighted by Crippen LogP contribution is -2.46. The van der Waals surface area contributed by atoms with Gasteiger partial charge in [-0.2, -0.15) is 0 Å². The van der Waals surface area contributed by atoms with Crippen molar-refractivity contribution in [3.63, 3.8) is 0 Å². The van der Waals surface area contributed by atoms with Crippen LogP contribution in [0.2, 0.25) is 0 Å².